The first-order chi connectivity index (χ1) is 7.26. The summed E-state index contributed by atoms with van der Waals surface area (Å²) >= 11 is 1.62. The lowest BCUT2D eigenvalue weighted by atomic mass is 10.2. The summed E-state index contributed by atoms with van der Waals surface area (Å²) in [6, 6.07) is 2.04. The van der Waals surface area contributed by atoms with Gasteiger partial charge in [0.2, 0.25) is 0 Å². The molecule has 0 fully saturated rings. The first-order valence-electron chi connectivity index (χ1n) is 4.83. The number of thiophene rings is 1. The van der Waals surface area contributed by atoms with Crippen LogP contribution in [0.15, 0.2) is 17.6 Å². The number of hydrogen-bond donors (Lipinski definition) is 0. The minimum absolute atomic E-state index is 0.669. The average molecular weight is 220 g/mol. The van der Waals surface area contributed by atoms with E-state index in [0.29, 0.717) is 5.56 Å². The summed E-state index contributed by atoms with van der Waals surface area (Å²) in [6.45, 7) is 4.82. The van der Waals surface area contributed by atoms with Gasteiger partial charge in [0.05, 0.1) is 10.4 Å². The van der Waals surface area contributed by atoms with Crippen molar-refractivity contribution in [3.05, 3.63) is 28.8 Å². The second kappa shape index (κ2) is 3.98. The van der Waals surface area contributed by atoms with Crippen molar-refractivity contribution in [2.45, 2.75) is 20.4 Å². The fraction of sp³-hybridized carbons (Fsp3) is 0.273. The predicted molar refractivity (Wildman–Crippen MR) is 61.3 cm³/mol. The molecule has 2 aromatic rings. The SMILES string of the molecule is CCn1cc(C=O)c(-c2sccc2C)n1. The maximum Gasteiger partial charge on any atom is 0.153 e. The van der Waals surface area contributed by atoms with Crippen LogP contribution in [0.1, 0.15) is 22.8 Å². The van der Waals surface area contributed by atoms with Gasteiger partial charge in [-0.05, 0) is 30.9 Å². The summed E-state index contributed by atoms with van der Waals surface area (Å²) < 4.78 is 1.79. The lowest BCUT2D eigenvalue weighted by Gasteiger charge is -1.95. The molecule has 0 saturated carbocycles. The van der Waals surface area contributed by atoms with Crippen LogP contribution in [0.4, 0.5) is 0 Å². The van der Waals surface area contributed by atoms with Crippen molar-refractivity contribution in [2.24, 2.45) is 0 Å². The van der Waals surface area contributed by atoms with Crippen molar-refractivity contribution < 1.29 is 4.79 Å². The third-order valence-corrected chi connectivity index (χ3v) is 3.34. The molecule has 0 N–H and O–H groups in total. The predicted octanol–water partition coefficient (Wildman–Crippen LogP) is 2.75. The number of aromatic nitrogens is 2. The maximum absolute atomic E-state index is 10.9. The molecule has 0 unspecified atom stereocenters. The molecule has 0 spiro atoms. The maximum atomic E-state index is 10.9. The standard InChI is InChI=1S/C11H12N2OS/c1-3-13-6-9(7-14)10(12-13)11-8(2)4-5-15-11/h4-7H,3H2,1-2H3. The van der Waals surface area contributed by atoms with E-state index in [2.05, 4.69) is 5.10 Å². The van der Waals surface area contributed by atoms with E-state index in [0.717, 1.165) is 23.4 Å². The van der Waals surface area contributed by atoms with Crippen LogP contribution in [0.2, 0.25) is 0 Å². The number of hydrogen-bond acceptors (Lipinski definition) is 3. The number of aldehydes is 1. The lowest BCUT2D eigenvalue weighted by molar-refractivity contribution is 0.112. The summed E-state index contributed by atoms with van der Waals surface area (Å²) in [5, 5.41) is 6.42. The second-order valence-corrected chi connectivity index (χ2v) is 4.26. The summed E-state index contributed by atoms with van der Waals surface area (Å²) in [6.07, 6.45) is 2.66. The number of carbonyl (C=O) groups is 1. The Morgan fingerprint density at radius 3 is 2.93 bits per heavy atom. The minimum atomic E-state index is 0.669. The molecule has 0 aliphatic carbocycles. The fourth-order valence-electron chi connectivity index (χ4n) is 1.48. The van der Waals surface area contributed by atoms with Crippen LogP contribution in [-0.2, 0) is 6.54 Å². The Morgan fingerprint density at radius 1 is 1.60 bits per heavy atom. The highest BCUT2D eigenvalue weighted by atomic mass is 32.1. The molecule has 0 atom stereocenters. The zero-order valence-electron chi connectivity index (χ0n) is 8.73. The molecule has 2 rings (SSSR count). The molecule has 0 aliphatic heterocycles. The van der Waals surface area contributed by atoms with E-state index in [1.54, 1.807) is 22.2 Å². The fourth-order valence-corrected chi connectivity index (χ4v) is 2.41. The monoisotopic (exact) mass is 220 g/mol. The van der Waals surface area contributed by atoms with E-state index in [4.69, 9.17) is 0 Å². The Hall–Kier alpha value is -1.42. The molecule has 0 radical (unpaired) electrons. The first kappa shape index (κ1) is 10.1. The topological polar surface area (TPSA) is 34.9 Å². The van der Waals surface area contributed by atoms with Crippen molar-refractivity contribution in [3.63, 3.8) is 0 Å². The Kier molecular flexibility index (Phi) is 2.68. The summed E-state index contributed by atoms with van der Waals surface area (Å²) in [5.41, 5.74) is 2.64. The van der Waals surface area contributed by atoms with Crippen LogP contribution in [-0.4, -0.2) is 16.1 Å². The highest BCUT2D eigenvalue weighted by Crippen LogP contribution is 2.29. The van der Waals surface area contributed by atoms with Crippen LogP contribution < -0.4 is 0 Å². The van der Waals surface area contributed by atoms with Gasteiger partial charge in [-0.3, -0.25) is 9.48 Å². The molecule has 0 aromatic carbocycles. The Morgan fingerprint density at radius 2 is 2.40 bits per heavy atom. The number of nitrogens with zero attached hydrogens (tertiary/aromatic N) is 2. The quantitative estimate of drug-likeness (QED) is 0.745. The first-order valence-corrected chi connectivity index (χ1v) is 5.71. The molecule has 78 valence electrons. The minimum Gasteiger partial charge on any atom is -0.298 e. The van der Waals surface area contributed by atoms with Crippen LogP contribution in [0.25, 0.3) is 10.6 Å². The average Bonchev–Trinajstić information content (AvgIpc) is 2.82. The molecule has 0 saturated heterocycles. The molecule has 0 bridgehead atoms. The second-order valence-electron chi connectivity index (χ2n) is 3.34. The van der Waals surface area contributed by atoms with E-state index in [1.165, 1.54) is 5.56 Å². The highest BCUT2D eigenvalue weighted by molar-refractivity contribution is 7.13. The van der Waals surface area contributed by atoms with Gasteiger partial charge in [-0.1, -0.05) is 0 Å². The number of carbonyl (C=O) groups excluding carboxylic acids is 1. The number of rotatable bonds is 3. The molecule has 2 aromatic heterocycles. The smallest absolute Gasteiger partial charge is 0.153 e. The van der Waals surface area contributed by atoms with Crippen LogP contribution in [0, 0.1) is 6.92 Å². The molecule has 0 amide bonds. The lowest BCUT2D eigenvalue weighted by Crippen LogP contribution is -1.93. The van der Waals surface area contributed by atoms with Crippen LogP contribution in [0.3, 0.4) is 0 Å². The van der Waals surface area contributed by atoms with Crippen molar-refractivity contribution >= 4 is 17.6 Å². The van der Waals surface area contributed by atoms with Gasteiger partial charge in [0.1, 0.15) is 5.69 Å². The Bertz CT molecular complexity index is 484. The third kappa shape index (κ3) is 1.72. The summed E-state index contributed by atoms with van der Waals surface area (Å²) in [7, 11) is 0. The van der Waals surface area contributed by atoms with E-state index in [1.807, 2.05) is 25.3 Å². The number of aryl methyl sites for hydroxylation is 2. The van der Waals surface area contributed by atoms with Gasteiger partial charge >= 0.3 is 0 Å². The normalized spacial score (nSPS) is 10.5. The molecule has 0 aliphatic rings. The van der Waals surface area contributed by atoms with Crippen molar-refractivity contribution in [1.82, 2.24) is 9.78 Å². The van der Waals surface area contributed by atoms with Gasteiger partial charge in [-0.25, -0.2) is 0 Å². The Balaban J connectivity index is 2.56. The van der Waals surface area contributed by atoms with E-state index in [9.17, 15) is 4.79 Å². The van der Waals surface area contributed by atoms with Crippen molar-refractivity contribution in [2.75, 3.05) is 0 Å². The molecule has 4 heteroatoms. The zero-order chi connectivity index (χ0) is 10.8. The van der Waals surface area contributed by atoms with Crippen LogP contribution in [0.5, 0.6) is 0 Å². The third-order valence-electron chi connectivity index (χ3n) is 2.32. The van der Waals surface area contributed by atoms with E-state index < -0.39 is 0 Å². The largest absolute Gasteiger partial charge is 0.298 e. The van der Waals surface area contributed by atoms with Gasteiger partial charge in [-0.15, -0.1) is 11.3 Å². The van der Waals surface area contributed by atoms with Gasteiger partial charge in [0.15, 0.2) is 6.29 Å². The van der Waals surface area contributed by atoms with Crippen LogP contribution >= 0.6 is 11.3 Å². The molecule has 15 heavy (non-hydrogen) atoms. The summed E-state index contributed by atoms with van der Waals surface area (Å²) in [5.74, 6) is 0. The summed E-state index contributed by atoms with van der Waals surface area (Å²) in [4.78, 5) is 12.0. The van der Waals surface area contributed by atoms with Gasteiger partial charge in [0.25, 0.3) is 0 Å². The highest BCUT2D eigenvalue weighted by Gasteiger charge is 2.13. The van der Waals surface area contributed by atoms with Gasteiger partial charge in [-0.2, -0.15) is 5.10 Å². The molecule has 3 nitrogen and oxygen atoms in total. The Labute approximate surface area is 92.4 Å². The van der Waals surface area contributed by atoms with E-state index >= 15 is 0 Å². The zero-order valence-corrected chi connectivity index (χ0v) is 9.54. The molecular formula is C11H12N2OS. The van der Waals surface area contributed by atoms with Crippen molar-refractivity contribution in [3.8, 4) is 10.6 Å². The molecular weight excluding hydrogens is 208 g/mol. The van der Waals surface area contributed by atoms with Crippen molar-refractivity contribution in [1.29, 1.82) is 0 Å². The van der Waals surface area contributed by atoms with E-state index in [-0.39, 0.29) is 0 Å². The van der Waals surface area contributed by atoms with Gasteiger partial charge < -0.3 is 0 Å². The molecule has 2 heterocycles. The van der Waals surface area contributed by atoms with Gasteiger partial charge in [0, 0.05) is 12.7 Å².